The molecule has 6 nitrogen and oxygen atoms in total. The zero-order valence-corrected chi connectivity index (χ0v) is 15.2. The number of benzene rings is 2. The van der Waals surface area contributed by atoms with E-state index < -0.39 is 23.1 Å². The van der Waals surface area contributed by atoms with E-state index in [4.69, 9.17) is 5.73 Å². The number of carbonyl (C=O) groups is 2. The lowest BCUT2D eigenvalue weighted by Gasteiger charge is -2.25. The molecule has 0 saturated heterocycles. The van der Waals surface area contributed by atoms with Crippen LogP contribution in [0.5, 0.6) is 0 Å². The number of unbranched alkanes of at least 4 members (excludes halogenated alkanes) is 1. The first-order chi connectivity index (χ1) is 12.5. The van der Waals surface area contributed by atoms with Crippen LogP contribution in [-0.2, 0) is 17.6 Å². The second-order valence-electron chi connectivity index (χ2n) is 6.16. The summed E-state index contributed by atoms with van der Waals surface area (Å²) in [5.41, 5.74) is 7.50. The Morgan fingerprint density at radius 3 is 2.77 bits per heavy atom. The molecule has 2 aromatic carbocycles. The number of rotatable bonds is 5. The molecule has 0 radical (unpaired) electrons. The fraction of sp³-hybridized carbons (Fsp3) is 0.263. The maximum Gasteiger partial charge on any atom is 0.341 e. The van der Waals surface area contributed by atoms with Crippen LogP contribution in [0.3, 0.4) is 0 Å². The Labute approximate surface area is 154 Å². The summed E-state index contributed by atoms with van der Waals surface area (Å²) in [6.45, 7) is 2.43. The molecule has 7 heteroatoms. The van der Waals surface area contributed by atoms with Crippen LogP contribution < -0.4 is 11.1 Å². The lowest BCUT2D eigenvalue weighted by Crippen LogP contribution is -2.29. The Kier molecular flexibility index (Phi) is 5.20. The molecule has 1 amide bonds. The van der Waals surface area contributed by atoms with Gasteiger partial charge < -0.3 is 20.7 Å². The van der Waals surface area contributed by atoms with E-state index in [-0.39, 0.29) is 21.7 Å². The molecule has 2 aromatic rings. The van der Waals surface area contributed by atoms with Gasteiger partial charge >= 0.3 is 5.97 Å². The molecule has 0 aliphatic carbocycles. The molecule has 136 valence electrons. The number of hydrogen-bond acceptors (Lipinski definition) is 4. The Morgan fingerprint density at radius 1 is 1.35 bits per heavy atom. The van der Waals surface area contributed by atoms with Crippen molar-refractivity contribution in [2.75, 3.05) is 12.3 Å². The zero-order valence-electron chi connectivity index (χ0n) is 14.4. The van der Waals surface area contributed by atoms with E-state index in [1.807, 2.05) is 19.1 Å². The Bertz CT molecular complexity index is 882. The number of nitrogens with two attached hydrogens (primary N) is 1. The molecular weight excluding hydrogens is 352 g/mol. The van der Waals surface area contributed by atoms with E-state index in [1.165, 1.54) is 6.07 Å². The summed E-state index contributed by atoms with van der Waals surface area (Å²) in [7, 11) is 0. The minimum absolute atomic E-state index is 0.0439. The van der Waals surface area contributed by atoms with Crippen molar-refractivity contribution in [3.8, 4) is 0 Å². The predicted octanol–water partition coefficient (Wildman–Crippen LogP) is 2.57. The molecule has 1 aliphatic rings. The second-order valence-corrected chi connectivity index (χ2v) is 7.55. The molecule has 0 bridgehead atoms. The van der Waals surface area contributed by atoms with Gasteiger partial charge in [0.05, 0.1) is 5.56 Å². The van der Waals surface area contributed by atoms with Gasteiger partial charge in [0.15, 0.2) is 9.79 Å². The molecule has 0 fully saturated rings. The van der Waals surface area contributed by atoms with Gasteiger partial charge in [-0.3, -0.25) is 4.79 Å². The number of nitrogen functional groups attached to an aromatic ring is 1. The van der Waals surface area contributed by atoms with Gasteiger partial charge in [0.1, 0.15) is 5.56 Å². The molecule has 4 N–H and O–H groups in total. The summed E-state index contributed by atoms with van der Waals surface area (Å²) in [6, 6.07) is 8.54. The van der Waals surface area contributed by atoms with Crippen molar-refractivity contribution in [2.24, 2.45) is 0 Å². The van der Waals surface area contributed by atoms with Crippen molar-refractivity contribution >= 4 is 28.7 Å². The lowest BCUT2D eigenvalue weighted by atomic mass is 9.96. The van der Waals surface area contributed by atoms with Crippen LogP contribution in [0.1, 0.15) is 51.6 Å². The van der Waals surface area contributed by atoms with E-state index in [1.54, 1.807) is 12.1 Å². The Balaban J connectivity index is 2.14. The number of nitrogens with one attached hydrogen (secondary N) is 1. The third kappa shape index (κ3) is 3.15. The van der Waals surface area contributed by atoms with Crippen LogP contribution >= 0.6 is 0 Å². The van der Waals surface area contributed by atoms with Crippen molar-refractivity contribution < 1.29 is 19.2 Å². The summed E-state index contributed by atoms with van der Waals surface area (Å²) in [6.07, 6.45) is 2.08. The van der Waals surface area contributed by atoms with E-state index in [0.717, 1.165) is 18.4 Å². The molecule has 0 aromatic heterocycles. The van der Waals surface area contributed by atoms with Gasteiger partial charge in [-0.1, -0.05) is 31.5 Å². The van der Waals surface area contributed by atoms with Gasteiger partial charge in [0, 0.05) is 41.0 Å². The van der Waals surface area contributed by atoms with Gasteiger partial charge in [-0.2, -0.15) is 0 Å². The average Bonchev–Trinajstić information content (AvgIpc) is 2.62. The Morgan fingerprint density at radius 2 is 2.08 bits per heavy atom. The quantitative estimate of drug-likeness (QED) is 0.424. The first kappa shape index (κ1) is 18.3. The maximum atomic E-state index is 13.1. The fourth-order valence-electron chi connectivity index (χ4n) is 3.10. The summed E-state index contributed by atoms with van der Waals surface area (Å²) < 4.78 is 13.1. The zero-order chi connectivity index (χ0) is 18.8. The van der Waals surface area contributed by atoms with E-state index in [9.17, 15) is 19.2 Å². The average molecular weight is 372 g/mol. The van der Waals surface area contributed by atoms with Crippen molar-refractivity contribution in [1.82, 2.24) is 5.32 Å². The fourth-order valence-corrected chi connectivity index (χ4v) is 4.70. The largest absolute Gasteiger partial charge is 0.606 e. The van der Waals surface area contributed by atoms with Crippen molar-refractivity contribution in [3.63, 3.8) is 0 Å². The van der Waals surface area contributed by atoms with Gasteiger partial charge in [0.2, 0.25) is 0 Å². The SMILES string of the molecule is CCCCNC(=O)c1cc(N)c2c(c1C(=O)O)[S+]([O-])c1ccccc1C2. The number of amides is 1. The van der Waals surface area contributed by atoms with Gasteiger partial charge in [-0.25, -0.2) is 4.79 Å². The third-order valence-corrected chi connectivity index (χ3v) is 6.04. The highest BCUT2D eigenvalue weighted by molar-refractivity contribution is 7.91. The number of fused-ring (bicyclic) bond motifs is 2. The van der Waals surface area contributed by atoms with Crippen LogP contribution in [-0.4, -0.2) is 28.1 Å². The summed E-state index contributed by atoms with van der Waals surface area (Å²) in [4.78, 5) is 25.1. The molecular formula is C19H20N2O4S. The van der Waals surface area contributed by atoms with Gasteiger partial charge in [-0.15, -0.1) is 0 Å². The standard InChI is InChI=1S/C19H20N2O4S/c1-2-3-8-21-18(22)13-10-14(20)12-9-11-6-4-5-7-15(11)26(25)17(12)16(13)19(23)24/h4-7,10H,2-3,8-9,20H2,1H3,(H,21,22)(H,23,24). The molecule has 3 rings (SSSR count). The highest BCUT2D eigenvalue weighted by Crippen LogP contribution is 2.40. The van der Waals surface area contributed by atoms with Crippen LogP contribution in [0.15, 0.2) is 40.1 Å². The number of aromatic carboxylic acids is 1. The summed E-state index contributed by atoms with van der Waals surface area (Å²) in [5.74, 6) is -1.80. The summed E-state index contributed by atoms with van der Waals surface area (Å²) >= 11 is -1.71. The van der Waals surface area contributed by atoms with E-state index in [2.05, 4.69) is 5.32 Å². The van der Waals surface area contributed by atoms with Crippen LogP contribution in [0.25, 0.3) is 0 Å². The van der Waals surface area contributed by atoms with Crippen LogP contribution in [0.2, 0.25) is 0 Å². The molecule has 0 saturated carbocycles. The van der Waals surface area contributed by atoms with Crippen molar-refractivity contribution in [1.29, 1.82) is 0 Å². The third-order valence-electron chi connectivity index (χ3n) is 4.42. The van der Waals surface area contributed by atoms with Crippen molar-refractivity contribution in [3.05, 3.63) is 52.6 Å². The van der Waals surface area contributed by atoms with Gasteiger partial charge in [-0.05, 0) is 18.6 Å². The van der Waals surface area contributed by atoms with Crippen molar-refractivity contribution in [2.45, 2.75) is 36.0 Å². The smallest absolute Gasteiger partial charge is 0.341 e. The maximum absolute atomic E-state index is 13.1. The number of hydrogen-bond donors (Lipinski definition) is 3. The molecule has 1 heterocycles. The van der Waals surface area contributed by atoms with Gasteiger partial charge in [0.25, 0.3) is 5.91 Å². The van der Waals surface area contributed by atoms with E-state index >= 15 is 0 Å². The number of carboxylic acid groups (broad SMARTS) is 1. The topological polar surface area (TPSA) is 115 Å². The number of anilines is 1. The molecule has 1 aliphatic heterocycles. The predicted molar refractivity (Wildman–Crippen MR) is 99.0 cm³/mol. The normalized spacial score (nSPS) is 15.1. The highest BCUT2D eigenvalue weighted by Gasteiger charge is 2.37. The number of carbonyl (C=O) groups excluding carboxylic acids is 1. The molecule has 26 heavy (non-hydrogen) atoms. The summed E-state index contributed by atoms with van der Waals surface area (Å²) in [5, 5.41) is 12.4. The first-order valence-electron chi connectivity index (χ1n) is 8.42. The minimum atomic E-state index is -1.71. The van der Waals surface area contributed by atoms with E-state index in [0.29, 0.717) is 23.4 Å². The molecule has 1 atom stereocenters. The number of carboxylic acids is 1. The van der Waals surface area contributed by atoms with Crippen LogP contribution in [0.4, 0.5) is 5.69 Å². The first-order valence-corrected chi connectivity index (χ1v) is 9.57. The highest BCUT2D eigenvalue weighted by atomic mass is 32.2. The second kappa shape index (κ2) is 7.39. The molecule has 1 unspecified atom stereocenters. The minimum Gasteiger partial charge on any atom is -0.606 e. The Hall–Kier alpha value is -2.51. The lowest BCUT2D eigenvalue weighted by molar-refractivity contribution is 0.0686. The monoisotopic (exact) mass is 372 g/mol. The van der Waals surface area contributed by atoms with Crippen LogP contribution in [0, 0.1) is 0 Å². The molecule has 0 spiro atoms.